The summed E-state index contributed by atoms with van der Waals surface area (Å²) in [5, 5.41) is 6.03. The maximum atomic E-state index is 13.5. The number of hydrogen-bond donors (Lipinski definition) is 4. The number of hydrogen-bond acceptors (Lipinski definition) is 6. The standard InChI is InChI=1S/C31H33N7O3/c1-20(2)28(37-31(40)41-3)30(39)38-15-14-32-18-27(38)29-34-17-26(36-29)24-12-8-22(9-13-24)5-4-21-6-10-23(11-7-21)25-16-33-19-35-25/h6-13,16-17,19-20,27-28,32H,14-15,18H2,1-3H3,(H,33,35)(H,34,36)(H,37,40). The number of H-pyrrole nitrogens is 2. The van der Waals surface area contributed by atoms with Crippen molar-refractivity contribution in [3.8, 4) is 34.4 Å². The lowest BCUT2D eigenvalue weighted by atomic mass is 10.0. The Bertz CT molecular complexity index is 1530. The number of benzene rings is 2. The number of nitrogens with one attached hydrogen (secondary N) is 4. The smallest absolute Gasteiger partial charge is 0.407 e. The first-order valence-corrected chi connectivity index (χ1v) is 13.5. The predicted octanol–water partition coefficient (Wildman–Crippen LogP) is 3.72. The van der Waals surface area contributed by atoms with E-state index >= 15 is 0 Å². The highest BCUT2D eigenvalue weighted by Gasteiger charge is 2.36. The fraction of sp³-hybridized carbons (Fsp3) is 0.290. The van der Waals surface area contributed by atoms with Gasteiger partial charge in [-0.05, 0) is 41.3 Å². The van der Waals surface area contributed by atoms with Crippen LogP contribution in [0.3, 0.4) is 0 Å². The van der Waals surface area contributed by atoms with Gasteiger partial charge >= 0.3 is 6.09 Å². The summed E-state index contributed by atoms with van der Waals surface area (Å²) in [5.41, 5.74) is 5.67. The molecule has 0 aliphatic carbocycles. The molecule has 5 rings (SSSR count). The molecule has 2 atom stereocenters. The first-order valence-electron chi connectivity index (χ1n) is 13.5. The monoisotopic (exact) mass is 551 g/mol. The Labute approximate surface area is 238 Å². The molecule has 4 aromatic rings. The van der Waals surface area contributed by atoms with Crippen molar-refractivity contribution < 1.29 is 14.3 Å². The number of carbonyl (C=O) groups excluding carboxylic acids is 2. The molecule has 10 heteroatoms. The zero-order valence-corrected chi connectivity index (χ0v) is 23.3. The lowest BCUT2D eigenvalue weighted by Crippen LogP contribution is -2.57. The second kappa shape index (κ2) is 12.5. The average Bonchev–Trinajstić information content (AvgIpc) is 3.72. The van der Waals surface area contributed by atoms with Crippen LogP contribution in [0.5, 0.6) is 0 Å². The number of carbonyl (C=O) groups is 2. The van der Waals surface area contributed by atoms with Crippen molar-refractivity contribution in [2.45, 2.75) is 25.9 Å². The lowest BCUT2D eigenvalue weighted by molar-refractivity contribution is -0.138. The molecule has 1 aliphatic rings. The maximum Gasteiger partial charge on any atom is 0.407 e. The minimum absolute atomic E-state index is 0.104. The van der Waals surface area contributed by atoms with E-state index in [0.717, 1.165) is 33.6 Å². The minimum atomic E-state index is -0.694. The van der Waals surface area contributed by atoms with E-state index < -0.39 is 12.1 Å². The molecule has 2 aromatic heterocycles. The zero-order chi connectivity index (χ0) is 28.8. The number of nitrogens with zero attached hydrogens (tertiary/aromatic N) is 3. The van der Waals surface area contributed by atoms with Gasteiger partial charge in [-0.3, -0.25) is 4.79 Å². The SMILES string of the molecule is COC(=O)NC(C(=O)N1CCNCC1c1ncc(-c2ccc(C#Cc3ccc(-c4cnc[nH]4)cc3)cc2)[nH]1)C(C)C. The molecule has 0 radical (unpaired) electrons. The molecular formula is C31H33N7O3. The van der Waals surface area contributed by atoms with Crippen LogP contribution in [0, 0.1) is 17.8 Å². The minimum Gasteiger partial charge on any atom is -0.453 e. The third-order valence-electron chi connectivity index (χ3n) is 7.07. The molecule has 2 amide bonds. The number of aromatic amines is 2. The highest BCUT2D eigenvalue weighted by Crippen LogP contribution is 2.25. The molecule has 1 saturated heterocycles. The number of alkyl carbamates (subject to hydrolysis) is 1. The molecule has 2 unspecified atom stereocenters. The van der Waals surface area contributed by atoms with Gasteiger partial charge in [0.2, 0.25) is 5.91 Å². The molecule has 0 bridgehead atoms. The predicted molar refractivity (Wildman–Crippen MR) is 156 cm³/mol. The number of aromatic nitrogens is 4. The average molecular weight is 552 g/mol. The van der Waals surface area contributed by atoms with E-state index in [0.29, 0.717) is 25.5 Å². The van der Waals surface area contributed by atoms with Gasteiger partial charge in [0, 0.05) is 30.8 Å². The Morgan fingerprint density at radius 2 is 1.66 bits per heavy atom. The van der Waals surface area contributed by atoms with E-state index in [9.17, 15) is 9.59 Å². The van der Waals surface area contributed by atoms with Crippen molar-refractivity contribution in [2.24, 2.45) is 5.92 Å². The van der Waals surface area contributed by atoms with E-state index in [2.05, 4.69) is 42.4 Å². The largest absolute Gasteiger partial charge is 0.453 e. The molecule has 2 aromatic carbocycles. The van der Waals surface area contributed by atoms with E-state index in [1.807, 2.05) is 62.4 Å². The summed E-state index contributed by atoms with van der Waals surface area (Å²) < 4.78 is 4.73. The van der Waals surface area contributed by atoms with Crippen molar-refractivity contribution in [2.75, 3.05) is 26.7 Å². The van der Waals surface area contributed by atoms with Crippen LogP contribution >= 0.6 is 0 Å². The van der Waals surface area contributed by atoms with Gasteiger partial charge in [-0.2, -0.15) is 0 Å². The molecule has 3 heterocycles. The number of imidazole rings is 2. The van der Waals surface area contributed by atoms with Crippen LogP contribution < -0.4 is 10.6 Å². The number of amides is 2. The van der Waals surface area contributed by atoms with Crippen molar-refractivity contribution in [3.63, 3.8) is 0 Å². The second-order valence-electron chi connectivity index (χ2n) is 10.2. The maximum absolute atomic E-state index is 13.5. The van der Waals surface area contributed by atoms with Gasteiger partial charge in [-0.15, -0.1) is 0 Å². The lowest BCUT2D eigenvalue weighted by Gasteiger charge is -2.38. The Kier molecular flexibility index (Phi) is 8.46. The topological polar surface area (TPSA) is 128 Å². The van der Waals surface area contributed by atoms with Gasteiger partial charge in [-0.1, -0.05) is 50.0 Å². The van der Waals surface area contributed by atoms with E-state index in [1.165, 1.54) is 7.11 Å². The first kappa shape index (κ1) is 27.7. The summed E-state index contributed by atoms with van der Waals surface area (Å²) >= 11 is 0. The first-order chi connectivity index (χ1) is 19.9. The van der Waals surface area contributed by atoms with Gasteiger partial charge in [0.05, 0.1) is 37.2 Å². The van der Waals surface area contributed by atoms with Gasteiger partial charge in [-0.25, -0.2) is 14.8 Å². The quantitative estimate of drug-likeness (QED) is 0.271. The fourth-order valence-electron chi connectivity index (χ4n) is 4.77. The second-order valence-corrected chi connectivity index (χ2v) is 10.2. The van der Waals surface area contributed by atoms with Crippen molar-refractivity contribution in [3.05, 3.63) is 84.2 Å². The van der Waals surface area contributed by atoms with Crippen LogP contribution in [-0.2, 0) is 9.53 Å². The molecule has 1 fully saturated rings. The van der Waals surface area contributed by atoms with Gasteiger partial charge in [0.15, 0.2) is 0 Å². The Balaban J connectivity index is 1.28. The molecule has 1 aliphatic heterocycles. The summed E-state index contributed by atoms with van der Waals surface area (Å²) in [6.45, 7) is 5.51. The third-order valence-corrected chi connectivity index (χ3v) is 7.07. The molecule has 0 spiro atoms. The molecule has 0 saturated carbocycles. The summed E-state index contributed by atoms with van der Waals surface area (Å²) in [6, 6.07) is 15.0. The number of methoxy groups -OCH3 is 1. The Hall–Kier alpha value is -4.88. The van der Waals surface area contributed by atoms with Gasteiger partial charge in [0.25, 0.3) is 0 Å². The summed E-state index contributed by atoms with van der Waals surface area (Å²) in [7, 11) is 1.29. The molecule has 10 nitrogen and oxygen atoms in total. The number of ether oxygens (including phenoxy) is 1. The van der Waals surface area contributed by atoms with E-state index in [-0.39, 0.29) is 17.9 Å². The molecule has 4 N–H and O–H groups in total. The summed E-state index contributed by atoms with van der Waals surface area (Å²) in [4.78, 5) is 42.3. The van der Waals surface area contributed by atoms with Crippen molar-refractivity contribution in [1.82, 2.24) is 35.5 Å². The summed E-state index contributed by atoms with van der Waals surface area (Å²) in [5.74, 6) is 6.85. The van der Waals surface area contributed by atoms with Crippen LogP contribution in [-0.4, -0.2) is 69.6 Å². The van der Waals surface area contributed by atoms with E-state index in [1.54, 1.807) is 23.6 Å². The van der Waals surface area contributed by atoms with E-state index in [4.69, 9.17) is 4.74 Å². The zero-order valence-electron chi connectivity index (χ0n) is 23.3. The highest BCUT2D eigenvalue weighted by atomic mass is 16.5. The van der Waals surface area contributed by atoms with Crippen molar-refractivity contribution in [1.29, 1.82) is 0 Å². The Morgan fingerprint density at radius 1 is 1.00 bits per heavy atom. The van der Waals surface area contributed by atoms with Crippen LogP contribution in [0.4, 0.5) is 4.79 Å². The Morgan fingerprint density at radius 3 is 2.24 bits per heavy atom. The van der Waals surface area contributed by atoms with Gasteiger partial charge < -0.3 is 30.2 Å². The highest BCUT2D eigenvalue weighted by molar-refractivity contribution is 5.86. The molecular weight excluding hydrogens is 518 g/mol. The number of piperazine rings is 1. The van der Waals surface area contributed by atoms with Crippen LogP contribution in [0.25, 0.3) is 22.5 Å². The van der Waals surface area contributed by atoms with Gasteiger partial charge in [0.1, 0.15) is 17.9 Å². The van der Waals surface area contributed by atoms with Crippen LogP contribution in [0.1, 0.15) is 36.8 Å². The molecule has 41 heavy (non-hydrogen) atoms. The summed E-state index contributed by atoms with van der Waals surface area (Å²) in [6.07, 6.45) is 4.61. The third kappa shape index (κ3) is 6.48. The van der Waals surface area contributed by atoms with Crippen LogP contribution in [0.2, 0.25) is 0 Å². The van der Waals surface area contributed by atoms with Crippen molar-refractivity contribution >= 4 is 12.0 Å². The van der Waals surface area contributed by atoms with Crippen LogP contribution in [0.15, 0.2) is 67.3 Å². The molecule has 210 valence electrons. The fourth-order valence-corrected chi connectivity index (χ4v) is 4.77. The normalized spacial score (nSPS) is 15.6. The number of rotatable bonds is 6.